The van der Waals surface area contributed by atoms with Crippen molar-refractivity contribution in [2.75, 3.05) is 0 Å². The Morgan fingerprint density at radius 1 is 0.857 bits per heavy atom. The fraction of sp³-hybridized carbons (Fsp3) is 0. The summed E-state index contributed by atoms with van der Waals surface area (Å²) in [5, 5.41) is 8.90. The third-order valence-corrected chi connectivity index (χ3v) is 3.29. The first kappa shape index (κ1) is 13.0. The molecule has 3 rings (SSSR count). The standard InChI is InChI=1S/C17H12N2O2/c20-17(21)15-1-3-16(4-2-15)19-11-7-14(8-12-19)13-5-9-18-10-6-13/h1-12H/p+2. The summed E-state index contributed by atoms with van der Waals surface area (Å²) < 4.78 is 1.95. The van der Waals surface area contributed by atoms with Crippen LogP contribution in [0.3, 0.4) is 0 Å². The Hall–Kier alpha value is -3.01. The highest BCUT2D eigenvalue weighted by Gasteiger charge is 2.08. The van der Waals surface area contributed by atoms with E-state index in [0.29, 0.717) is 0 Å². The number of rotatable bonds is 3. The first-order chi connectivity index (χ1) is 10.2. The number of aromatic amines is 1. The van der Waals surface area contributed by atoms with Crippen LogP contribution in [0.15, 0.2) is 73.3 Å². The molecule has 0 spiro atoms. The number of benzene rings is 1. The Morgan fingerprint density at radius 3 is 2.00 bits per heavy atom. The number of nitrogens with zero attached hydrogens (tertiary/aromatic N) is 1. The molecular formula is C17H14N2O2+2. The lowest BCUT2D eigenvalue weighted by molar-refractivity contribution is -0.595. The van der Waals surface area contributed by atoms with Crippen LogP contribution in [0.1, 0.15) is 10.4 Å². The van der Waals surface area contributed by atoms with Crippen molar-refractivity contribution in [1.82, 2.24) is 0 Å². The third kappa shape index (κ3) is 2.79. The molecule has 0 amide bonds. The molecule has 3 aromatic rings. The summed E-state index contributed by atoms with van der Waals surface area (Å²) in [6.45, 7) is 0. The van der Waals surface area contributed by atoms with Crippen LogP contribution in [0.25, 0.3) is 16.8 Å². The van der Waals surface area contributed by atoms with Crippen molar-refractivity contribution in [2.45, 2.75) is 0 Å². The van der Waals surface area contributed by atoms with Gasteiger partial charge < -0.3 is 5.11 Å². The Bertz CT molecular complexity index is 751. The molecule has 1 aromatic carbocycles. The monoisotopic (exact) mass is 278 g/mol. The fourth-order valence-corrected chi connectivity index (χ4v) is 2.15. The van der Waals surface area contributed by atoms with Gasteiger partial charge in [0.1, 0.15) is 0 Å². The van der Waals surface area contributed by atoms with Gasteiger partial charge in [0.25, 0.3) is 0 Å². The molecule has 0 aliphatic rings. The molecule has 0 radical (unpaired) electrons. The SMILES string of the molecule is O=C(O)c1ccc(-[n+]2ccc(-c3cc[nH+]cc3)cc2)cc1. The number of carboxylic acids is 1. The zero-order valence-corrected chi connectivity index (χ0v) is 11.2. The molecular weight excluding hydrogens is 264 g/mol. The zero-order chi connectivity index (χ0) is 14.7. The van der Waals surface area contributed by atoms with E-state index in [9.17, 15) is 4.79 Å². The van der Waals surface area contributed by atoms with Gasteiger partial charge in [0.2, 0.25) is 5.69 Å². The summed E-state index contributed by atoms with van der Waals surface area (Å²) in [4.78, 5) is 13.8. The van der Waals surface area contributed by atoms with Gasteiger partial charge in [-0.25, -0.2) is 9.78 Å². The van der Waals surface area contributed by atoms with Crippen molar-refractivity contribution in [3.63, 3.8) is 0 Å². The van der Waals surface area contributed by atoms with Gasteiger partial charge in [0.05, 0.1) is 5.56 Å². The maximum Gasteiger partial charge on any atom is 0.335 e. The summed E-state index contributed by atoms with van der Waals surface area (Å²) in [6, 6.07) is 14.9. The van der Waals surface area contributed by atoms with Crippen LogP contribution in [0, 0.1) is 0 Å². The van der Waals surface area contributed by atoms with E-state index in [0.717, 1.165) is 16.8 Å². The number of carboxylic acid groups (broad SMARTS) is 1. The number of nitrogens with one attached hydrogen (secondary N) is 1. The second-order valence-electron chi connectivity index (χ2n) is 4.63. The van der Waals surface area contributed by atoms with Crippen LogP contribution in [-0.2, 0) is 0 Å². The molecule has 0 aliphatic carbocycles. The molecule has 2 N–H and O–H groups in total. The third-order valence-electron chi connectivity index (χ3n) is 3.29. The first-order valence-electron chi connectivity index (χ1n) is 6.55. The van der Waals surface area contributed by atoms with E-state index in [-0.39, 0.29) is 5.56 Å². The summed E-state index contributed by atoms with van der Waals surface area (Å²) in [7, 11) is 0. The van der Waals surface area contributed by atoms with Gasteiger partial charge >= 0.3 is 5.97 Å². The summed E-state index contributed by atoms with van der Waals surface area (Å²) in [5.74, 6) is -0.914. The van der Waals surface area contributed by atoms with Gasteiger partial charge in [0.15, 0.2) is 24.8 Å². The molecule has 4 heteroatoms. The Kier molecular flexibility index (Phi) is 3.43. The van der Waals surface area contributed by atoms with Gasteiger partial charge in [-0.3, -0.25) is 0 Å². The van der Waals surface area contributed by atoms with Gasteiger partial charge in [-0.05, 0) is 23.3 Å². The molecule has 4 nitrogen and oxygen atoms in total. The van der Waals surface area contributed by atoms with E-state index in [1.807, 2.05) is 53.6 Å². The normalized spacial score (nSPS) is 10.3. The van der Waals surface area contributed by atoms with Crippen molar-refractivity contribution in [3.05, 3.63) is 78.9 Å². The van der Waals surface area contributed by atoms with Crippen molar-refractivity contribution in [1.29, 1.82) is 0 Å². The van der Waals surface area contributed by atoms with E-state index in [2.05, 4.69) is 4.98 Å². The lowest BCUT2D eigenvalue weighted by atomic mass is 10.1. The fourth-order valence-electron chi connectivity index (χ4n) is 2.15. The molecule has 0 bridgehead atoms. The van der Waals surface area contributed by atoms with Crippen LogP contribution in [-0.4, -0.2) is 11.1 Å². The molecule has 102 valence electrons. The lowest BCUT2D eigenvalue weighted by Gasteiger charge is -2.00. The van der Waals surface area contributed by atoms with Crippen LogP contribution in [0.4, 0.5) is 0 Å². The number of H-pyrrole nitrogens is 1. The summed E-state index contributed by atoms with van der Waals surface area (Å²) in [5.41, 5.74) is 3.48. The van der Waals surface area contributed by atoms with Crippen LogP contribution in [0.5, 0.6) is 0 Å². The van der Waals surface area contributed by atoms with Crippen molar-refractivity contribution >= 4 is 5.97 Å². The first-order valence-corrected chi connectivity index (χ1v) is 6.55. The predicted octanol–water partition coefficient (Wildman–Crippen LogP) is 2.14. The molecule has 0 atom stereocenters. The zero-order valence-electron chi connectivity index (χ0n) is 11.2. The predicted molar refractivity (Wildman–Crippen MR) is 76.9 cm³/mol. The van der Waals surface area contributed by atoms with E-state index >= 15 is 0 Å². The largest absolute Gasteiger partial charge is 0.478 e. The Morgan fingerprint density at radius 2 is 1.43 bits per heavy atom. The van der Waals surface area contributed by atoms with Crippen molar-refractivity contribution in [3.8, 4) is 16.8 Å². The second kappa shape index (κ2) is 5.54. The van der Waals surface area contributed by atoms with E-state index in [1.165, 1.54) is 0 Å². The Labute approximate surface area is 122 Å². The molecule has 0 fully saturated rings. The summed E-state index contributed by atoms with van der Waals surface area (Å²) in [6.07, 6.45) is 7.70. The van der Waals surface area contributed by atoms with Gasteiger partial charge in [0, 0.05) is 36.4 Å². The number of hydrogen-bond donors (Lipinski definition) is 1. The maximum absolute atomic E-state index is 10.8. The van der Waals surface area contributed by atoms with Gasteiger partial charge in [-0.15, -0.1) is 0 Å². The molecule has 0 saturated carbocycles. The van der Waals surface area contributed by atoms with E-state index in [1.54, 1.807) is 24.3 Å². The Balaban J connectivity index is 1.89. The molecule has 2 heterocycles. The minimum Gasteiger partial charge on any atom is -0.478 e. The number of carbonyl (C=O) groups is 1. The smallest absolute Gasteiger partial charge is 0.335 e. The van der Waals surface area contributed by atoms with E-state index in [4.69, 9.17) is 5.11 Å². The van der Waals surface area contributed by atoms with Crippen molar-refractivity contribution in [2.24, 2.45) is 0 Å². The number of hydrogen-bond acceptors (Lipinski definition) is 1. The van der Waals surface area contributed by atoms with Gasteiger partial charge in [-0.1, -0.05) is 0 Å². The number of aromatic carboxylic acids is 1. The molecule has 0 saturated heterocycles. The molecule has 0 unspecified atom stereocenters. The van der Waals surface area contributed by atoms with Crippen LogP contribution in [0.2, 0.25) is 0 Å². The minimum absolute atomic E-state index is 0.288. The van der Waals surface area contributed by atoms with E-state index < -0.39 is 5.97 Å². The van der Waals surface area contributed by atoms with Crippen LogP contribution < -0.4 is 9.55 Å². The second-order valence-corrected chi connectivity index (χ2v) is 4.63. The highest BCUT2D eigenvalue weighted by molar-refractivity contribution is 5.87. The molecule has 21 heavy (non-hydrogen) atoms. The number of aromatic nitrogens is 2. The highest BCUT2D eigenvalue weighted by Crippen LogP contribution is 2.15. The number of pyridine rings is 2. The average Bonchev–Trinajstić information content (AvgIpc) is 2.56. The molecule has 2 aromatic heterocycles. The van der Waals surface area contributed by atoms with Gasteiger partial charge in [-0.2, -0.15) is 4.57 Å². The highest BCUT2D eigenvalue weighted by atomic mass is 16.4. The quantitative estimate of drug-likeness (QED) is 0.746. The average molecular weight is 278 g/mol. The lowest BCUT2D eigenvalue weighted by Crippen LogP contribution is -2.29. The van der Waals surface area contributed by atoms with Crippen molar-refractivity contribution < 1.29 is 19.5 Å². The summed E-state index contributed by atoms with van der Waals surface area (Å²) >= 11 is 0. The topological polar surface area (TPSA) is 55.3 Å². The molecule has 0 aliphatic heterocycles. The maximum atomic E-state index is 10.8. The minimum atomic E-state index is -0.914. The van der Waals surface area contributed by atoms with Crippen LogP contribution >= 0.6 is 0 Å².